The SMILES string of the molecule is Cc1ccc(C(N)=NO)c(N(C)C(C)Cc2cccs2)c1. The van der Waals surface area contributed by atoms with E-state index in [9.17, 15) is 0 Å². The second-order valence-electron chi connectivity index (χ2n) is 5.25. The number of likely N-dealkylation sites (N-methyl/N-ethyl adjacent to an activating group) is 1. The summed E-state index contributed by atoms with van der Waals surface area (Å²) in [7, 11) is 2.04. The quantitative estimate of drug-likeness (QED) is 0.386. The van der Waals surface area contributed by atoms with Crippen molar-refractivity contribution in [3.63, 3.8) is 0 Å². The first kappa shape index (κ1) is 15.4. The van der Waals surface area contributed by atoms with Crippen LogP contribution in [0.1, 0.15) is 22.9 Å². The Labute approximate surface area is 129 Å². The molecule has 2 aromatic rings. The van der Waals surface area contributed by atoms with Crippen LogP contribution < -0.4 is 10.6 Å². The molecule has 112 valence electrons. The average Bonchev–Trinajstić information content (AvgIpc) is 2.98. The molecule has 4 nitrogen and oxygen atoms in total. The van der Waals surface area contributed by atoms with Crippen molar-refractivity contribution in [1.82, 2.24) is 0 Å². The van der Waals surface area contributed by atoms with Crippen LogP contribution in [0.2, 0.25) is 0 Å². The maximum Gasteiger partial charge on any atom is 0.172 e. The smallest absolute Gasteiger partial charge is 0.172 e. The average molecular weight is 303 g/mol. The van der Waals surface area contributed by atoms with Crippen LogP contribution in [-0.4, -0.2) is 24.1 Å². The van der Waals surface area contributed by atoms with Crippen LogP contribution in [0.15, 0.2) is 40.9 Å². The minimum Gasteiger partial charge on any atom is -0.409 e. The van der Waals surface area contributed by atoms with Gasteiger partial charge in [-0.05, 0) is 43.0 Å². The van der Waals surface area contributed by atoms with Gasteiger partial charge in [0.2, 0.25) is 0 Å². The maximum absolute atomic E-state index is 8.96. The molecule has 21 heavy (non-hydrogen) atoms. The number of aryl methyl sites for hydroxylation is 1. The lowest BCUT2D eigenvalue weighted by Gasteiger charge is -2.29. The molecule has 1 atom stereocenters. The third-order valence-electron chi connectivity index (χ3n) is 3.65. The van der Waals surface area contributed by atoms with Crippen LogP contribution in [-0.2, 0) is 6.42 Å². The van der Waals surface area contributed by atoms with Gasteiger partial charge < -0.3 is 15.8 Å². The number of hydrogen-bond acceptors (Lipinski definition) is 4. The molecule has 0 saturated carbocycles. The lowest BCUT2D eigenvalue weighted by atomic mass is 10.1. The van der Waals surface area contributed by atoms with E-state index in [1.807, 2.05) is 26.1 Å². The lowest BCUT2D eigenvalue weighted by Crippen LogP contribution is -2.32. The second-order valence-corrected chi connectivity index (χ2v) is 6.28. The Morgan fingerprint density at radius 2 is 2.19 bits per heavy atom. The number of hydrogen-bond donors (Lipinski definition) is 2. The van der Waals surface area contributed by atoms with Gasteiger partial charge in [0.1, 0.15) is 0 Å². The van der Waals surface area contributed by atoms with Crippen molar-refractivity contribution in [2.24, 2.45) is 10.9 Å². The minimum absolute atomic E-state index is 0.139. The lowest BCUT2D eigenvalue weighted by molar-refractivity contribution is 0.318. The summed E-state index contributed by atoms with van der Waals surface area (Å²) in [5.74, 6) is 0.139. The van der Waals surface area contributed by atoms with Crippen molar-refractivity contribution in [2.75, 3.05) is 11.9 Å². The molecule has 5 heteroatoms. The molecule has 0 amide bonds. The van der Waals surface area contributed by atoms with E-state index >= 15 is 0 Å². The second kappa shape index (κ2) is 6.63. The summed E-state index contributed by atoms with van der Waals surface area (Å²) in [6, 6.07) is 10.5. The predicted octanol–water partition coefficient (Wildman–Crippen LogP) is 3.22. The first-order chi connectivity index (χ1) is 10.0. The molecule has 0 fully saturated rings. The monoisotopic (exact) mass is 303 g/mol. The number of thiophene rings is 1. The molecular weight excluding hydrogens is 282 g/mol. The summed E-state index contributed by atoms with van der Waals surface area (Å²) in [5, 5.41) is 14.2. The van der Waals surface area contributed by atoms with Crippen molar-refractivity contribution >= 4 is 22.9 Å². The number of amidine groups is 1. The molecule has 2 rings (SSSR count). The molecule has 1 aromatic heterocycles. The van der Waals surface area contributed by atoms with Crippen molar-refractivity contribution in [1.29, 1.82) is 0 Å². The minimum atomic E-state index is 0.139. The van der Waals surface area contributed by atoms with E-state index in [0.29, 0.717) is 6.04 Å². The fourth-order valence-corrected chi connectivity index (χ4v) is 3.12. The Bertz CT molecular complexity index is 622. The summed E-state index contributed by atoms with van der Waals surface area (Å²) in [4.78, 5) is 3.53. The Morgan fingerprint density at radius 3 is 2.81 bits per heavy atom. The Kier molecular flexibility index (Phi) is 4.85. The third kappa shape index (κ3) is 3.55. The Hall–Kier alpha value is -2.01. The maximum atomic E-state index is 8.96. The summed E-state index contributed by atoms with van der Waals surface area (Å²) >= 11 is 1.77. The van der Waals surface area contributed by atoms with Gasteiger partial charge in [0, 0.05) is 35.6 Å². The number of nitrogens with zero attached hydrogens (tertiary/aromatic N) is 2. The van der Waals surface area contributed by atoms with Gasteiger partial charge in [-0.1, -0.05) is 17.3 Å². The summed E-state index contributed by atoms with van der Waals surface area (Å²) in [5.41, 5.74) is 8.68. The zero-order valence-corrected chi connectivity index (χ0v) is 13.4. The van der Waals surface area contributed by atoms with E-state index in [4.69, 9.17) is 10.9 Å². The van der Waals surface area contributed by atoms with Crippen LogP contribution in [0.25, 0.3) is 0 Å². The van der Waals surface area contributed by atoms with Crippen molar-refractivity contribution < 1.29 is 5.21 Å². The van der Waals surface area contributed by atoms with Crippen LogP contribution in [0.5, 0.6) is 0 Å². The van der Waals surface area contributed by atoms with Gasteiger partial charge in [-0.2, -0.15) is 0 Å². The molecule has 0 radical (unpaired) electrons. The van der Waals surface area contributed by atoms with Crippen molar-refractivity contribution in [3.05, 3.63) is 51.7 Å². The van der Waals surface area contributed by atoms with Gasteiger partial charge in [-0.25, -0.2) is 0 Å². The van der Waals surface area contributed by atoms with Gasteiger partial charge in [0.15, 0.2) is 5.84 Å². The normalized spacial score (nSPS) is 13.2. The summed E-state index contributed by atoms with van der Waals surface area (Å²) in [6.07, 6.45) is 0.970. The van der Waals surface area contributed by atoms with Crippen LogP contribution in [0.3, 0.4) is 0 Å². The third-order valence-corrected chi connectivity index (χ3v) is 4.55. The predicted molar refractivity (Wildman–Crippen MR) is 89.6 cm³/mol. The van der Waals surface area contributed by atoms with Gasteiger partial charge in [0.05, 0.1) is 0 Å². The number of anilines is 1. The number of rotatable bonds is 5. The fraction of sp³-hybridized carbons (Fsp3) is 0.312. The molecule has 0 aliphatic heterocycles. The zero-order chi connectivity index (χ0) is 15.4. The van der Waals surface area contributed by atoms with Crippen molar-refractivity contribution in [2.45, 2.75) is 26.3 Å². The molecular formula is C16H21N3OS. The Morgan fingerprint density at radius 1 is 1.43 bits per heavy atom. The van der Waals surface area contributed by atoms with E-state index in [1.54, 1.807) is 11.3 Å². The standard InChI is InChI=1S/C16H21N3OS/c1-11-6-7-14(16(17)18-20)15(9-11)19(3)12(2)10-13-5-4-8-21-13/h4-9,12,20H,10H2,1-3H3,(H2,17,18). The van der Waals surface area contributed by atoms with Gasteiger partial charge >= 0.3 is 0 Å². The first-order valence-corrected chi connectivity index (χ1v) is 7.74. The highest BCUT2D eigenvalue weighted by Gasteiger charge is 2.16. The number of oxime groups is 1. The largest absolute Gasteiger partial charge is 0.409 e. The van der Waals surface area contributed by atoms with Crippen LogP contribution in [0.4, 0.5) is 5.69 Å². The fourth-order valence-electron chi connectivity index (χ4n) is 2.30. The zero-order valence-electron chi connectivity index (χ0n) is 12.6. The number of nitrogens with two attached hydrogens (primary N) is 1. The van der Waals surface area contributed by atoms with E-state index in [1.165, 1.54) is 4.88 Å². The van der Waals surface area contributed by atoms with Gasteiger partial charge in [-0.3, -0.25) is 0 Å². The molecule has 0 bridgehead atoms. The molecule has 0 aliphatic carbocycles. The van der Waals surface area contributed by atoms with Crippen molar-refractivity contribution in [3.8, 4) is 0 Å². The molecule has 1 heterocycles. The van der Waals surface area contributed by atoms with E-state index < -0.39 is 0 Å². The topological polar surface area (TPSA) is 61.9 Å². The molecule has 0 spiro atoms. The first-order valence-electron chi connectivity index (χ1n) is 6.86. The molecule has 0 aliphatic rings. The van der Waals surface area contributed by atoms with Gasteiger partial charge in [-0.15, -0.1) is 11.3 Å². The summed E-state index contributed by atoms with van der Waals surface area (Å²) < 4.78 is 0. The molecule has 3 N–H and O–H groups in total. The summed E-state index contributed by atoms with van der Waals surface area (Å²) in [6.45, 7) is 4.22. The Balaban J connectivity index is 2.29. The van der Waals surface area contributed by atoms with Gasteiger partial charge in [0.25, 0.3) is 0 Å². The van der Waals surface area contributed by atoms with E-state index in [2.05, 4.69) is 40.6 Å². The highest BCUT2D eigenvalue weighted by molar-refractivity contribution is 7.09. The molecule has 1 unspecified atom stereocenters. The molecule has 0 saturated heterocycles. The van der Waals surface area contributed by atoms with Crippen LogP contribution in [0, 0.1) is 6.92 Å². The highest BCUT2D eigenvalue weighted by atomic mass is 32.1. The number of benzene rings is 1. The van der Waals surface area contributed by atoms with E-state index in [0.717, 1.165) is 23.2 Å². The van der Waals surface area contributed by atoms with Crippen LogP contribution >= 0.6 is 11.3 Å². The highest BCUT2D eigenvalue weighted by Crippen LogP contribution is 2.25. The van der Waals surface area contributed by atoms with E-state index in [-0.39, 0.29) is 5.84 Å². The molecule has 1 aromatic carbocycles.